The lowest BCUT2D eigenvalue weighted by atomic mass is 9.76. The van der Waals surface area contributed by atoms with Crippen molar-refractivity contribution in [3.8, 4) is 5.75 Å². The summed E-state index contributed by atoms with van der Waals surface area (Å²) in [5.41, 5.74) is 0.910. The van der Waals surface area contributed by atoms with Crippen molar-refractivity contribution in [2.75, 3.05) is 7.11 Å². The molecule has 0 saturated heterocycles. The standard InChI is InChI=1S/C16H23ClO2/c1-3-11-5-4-6-12(9-11)16(18)13-7-8-15(19-2)14(17)10-13/h7-8,10-12,16,18H,3-6,9H2,1-2H3. The van der Waals surface area contributed by atoms with Crippen LogP contribution in [0.25, 0.3) is 0 Å². The molecule has 0 radical (unpaired) electrons. The molecule has 2 nitrogen and oxygen atoms in total. The first-order chi connectivity index (χ1) is 9.15. The SMILES string of the molecule is CCC1CCCC(C(O)c2ccc(OC)c(Cl)c2)C1. The Kier molecular flexibility index (Phi) is 5.12. The number of benzene rings is 1. The molecule has 1 aliphatic carbocycles. The molecule has 1 aliphatic rings. The van der Waals surface area contributed by atoms with Crippen LogP contribution in [-0.2, 0) is 0 Å². The molecule has 1 N–H and O–H groups in total. The summed E-state index contributed by atoms with van der Waals surface area (Å²) in [7, 11) is 1.60. The van der Waals surface area contributed by atoms with Gasteiger partial charge in [0.1, 0.15) is 5.75 Å². The van der Waals surface area contributed by atoms with Gasteiger partial charge in [-0.25, -0.2) is 0 Å². The Morgan fingerprint density at radius 2 is 2.21 bits per heavy atom. The van der Waals surface area contributed by atoms with Crippen LogP contribution in [0, 0.1) is 11.8 Å². The number of aliphatic hydroxyl groups is 1. The number of aliphatic hydroxyl groups excluding tert-OH is 1. The average Bonchev–Trinajstić information content (AvgIpc) is 2.46. The van der Waals surface area contributed by atoms with E-state index in [1.54, 1.807) is 7.11 Å². The maximum atomic E-state index is 10.5. The monoisotopic (exact) mass is 282 g/mol. The zero-order valence-electron chi connectivity index (χ0n) is 11.7. The molecule has 1 saturated carbocycles. The molecule has 0 bridgehead atoms. The molecule has 106 valence electrons. The normalized spacial score (nSPS) is 25.1. The topological polar surface area (TPSA) is 29.5 Å². The second-order valence-electron chi connectivity index (χ2n) is 5.54. The fraction of sp³-hybridized carbons (Fsp3) is 0.625. The maximum absolute atomic E-state index is 10.5. The highest BCUT2D eigenvalue weighted by atomic mass is 35.5. The third kappa shape index (κ3) is 3.43. The maximum Gasteiger partial charge on any atom is 0.137 e. The summed E-state index contributed by atoms with van der Waals surface area (Å²) < 4.78 is 5.15. The average molecular weight is 283 g/mol. The van der Waals surface area contributed by atoms with Crippen LogP contribution in [0.1, 0.15) is 50.7 Å². The lowest BCUT2D eigenvalue weighted by Crippen LogP contribution is -2.21. The van der Waals surface area contributed by atoms with E-state index in [2.05, 4.69) is 6.92 Å². The Labute approximate surface area is 120 Å². The Morgan fingerprint density at radius 3 is 2.84 bits per heavy atom. The van der Waals surface area contributed by atoms with E-state index in [4.69, 9.17) is 16.3 Å². The van der Waals surface area contributed by atoms with Gasteiger partial charge in [0.05, 0.1) is 18.2 Å². The molecule has 1 fully saturated rings. The zero-order chi connectivity index (χ0) is 13.8. The second-order valence-corrected chi connectivity index (χ2v) is 5.95. The van der Waals surface area contributed by atoms with Gasteiger partial charge in [-0.3, -0.25) is 0 Å². The highest BCUT2D eigenvalue weighted by Crippen LogP contribution is 2.39. The van der Waals surface area contributed by atoms with E-state index in [0.717, 1.165) is 24.3 Å². The molecule has 1 aromatic carbocycles. The largest absolute Gasteiger partial charge is 0.495 e. The van der Waals surface area contributed by atoms with Crippen molar-refractivity contribution in [2.45, 2.75) is 45.1 Å². The van der Waals surface area contributed by atoms with Gasteiger partial charge in [0.25, 0.3) is 0 Å². The molecular formula is C16H23ClO2. The zero-order valence-corrected chi connectivity index (χ0v) is 12.5. The van der Waals surface area contributed by atoms with E-state index in [0.29, 0.717) is 16.7 Å². The summed E-state index contributed by atoms with van der Waals surface area (Å²) in [6, 6.07) is 5.59. The van der Waals surface area contributed by atoms with E-state index in [1.165, 1.54) is 19.3 Å². The number of methoxy groups -OCH3 is 1. The first-order valence-corrected chi connectivity index (χ1v) is 7.55. The number of ether oxygens (including phenoxy) is 1. The quantitative estimate of drug-likeness (QED) is 0.875. The van der Waals surface area contributed by atoms with Crippen molar-refractivity contribution in [3.05, 3.63) is 28.8 Å². The van der Waals surface area contributed by atoms with Crippen LogP contribution in [-0.4, -0.2) is 12.2 Å². The Morgan fingerprint density at radius 1 is 1.42 bits per heavy atom. The summed E-state index contributed by atoms with van der Waals surface area (Å²) in [4.78, 5) is 0. The Hall–Kier alpha value is -0.730. The minimum absolute atomic E-state index is 0.364. The molecule has 3 unspecified atom stereocenters. The Balaban J connectivity index is 2.10. The summed E-state index contributed by atoms with van der Waals surface area (Å²) in [6.45, 7) is 2.24. The molecule has 3 heteroatoms. The van der Waals surface area contributed by atoms with Gasteiger partial charge in [-0.05, 0) is 42.4 Å². The van der Waals surface area contributed by atoms with Gasteiger partial charge in [-0.1, -0.05) is 43.9 Å². The molecule has 0 heterocycles. The van der Waals surface area contributed by atoms with Gasteiger partial charge in [-0.15, -0.1) is 0 Å². The predicted molar refractivity (Wildman–Crippen MR) is 78.7 cm³/mol. The van der Waals surface area contributed by atoms with Crippen LogP contribution in [0.4, 0.5) is 0 Å². The lowest BCUT2D eigenvalue weighted by molar-refractivity contribution is 0.0678. The molecule has 3 atom stereocenters. The molecule has 0 aliphatic heterocycles. The van der Waals surface area contributed by atoms with E-state index >= 15 is 0 Å². The third-order valence-corrected chi connectivity index (χ3v) is 4.66. The third-order valence-electron chi connectivity index (χ3n) is 4.36. The van der Waals surface area contributed by atoms with Crippen molar-refractivity contribution < 1.29 is 9.84 Å². The lowest BCUT2D eigenvalue weighted by Gasteiger charge is -2.32. The van der Waals surface area contributed by atoms with Crippen LogP contribution in [0.2, 0.25) is 5.02 Å². The second kappa shape index (κ2) is 6.62. The summed E-state index contributed by atoms with van der Waals surface area (Å²) >= 11 is 6.13. The van der Waals surface area contributed by atoms with Gasteiger partial charge in [0.2, 0.25) is 0 Å². The van der Waals surface area contributed by atoms with Gasteiger partial charge in [0, 0.05) is 0 Å². The van der Waals surface area contributed by atoms with E-state index < -0.39 is 6.10 Å². The van der Waals surface area contributed by atoms with Gasteiger partial charge < -0.3 is 9.84 Å². The van der Waals surface area contributed by atoms with Crippen molar-refractivity contribution in [1.82, 2.24) is 0 Å². The molecular weight excluding hydrogens is 260 g/mol. The number of hydrogen-bond donors (Lipinski definition) is 1. The molecule has 0 amide bonds. The van der Waals surface area contributed by atoms with Crippen LogP contribution in [0.5, 0.6) is 5.75 Å². The van der Waals surface area contributed by atoms with Crippen molar-refractivity contribution in [1.29, 1.82) is 0 Å². The molecule has 2 rings (SSSR count). The van der Waals surface area contributed by atoms with Crippen LogP contribution >= 0.6 is 11.6 Å². The summed E-state index contributed by atoms with van der Waals surface area (Å²) in [5, 5.41) is 11.1. The molecule has 19 heavy (non-hydrogen) atoms. The van der Waals surface area contributed by atoms with Gasteiger partial charge in [0.15, 0.2) is 0 Å². The number of halogens is 1. The molecule has 1 aromatic rings. The minimum atomic E-state index is -0.405. The fourth-order valence-electron chi connectivity index (χ4n) is 3.13. The highest BCUT2D eigenvalue weighted by Gasteiger charge is 2.27. The molecule has 0 spiro atoms. The minimum Gasteiger partial charge on any atom is -0.495 e. The van der Waals surface area contributed by atoms with Crippen molar-refractivity contribution in [2.24, 2.45) is 11.8 Å². The summed E-state index contributed by atoms with van der Waals surface area (Å²) in [6.07, 6.45) is 5.58. The predicted octanol–water partition coefficient (Wildman–Crippen LogP) is 4.60. The Bertz CT molecular complexity index is 419. The van der Waals surface area contributed by atoms with Crippen LogP contribution < -0.4 is 4.74 Å². The van der Waals surface area contributed by atoms with E-state index in [9.17, 15) is 5.11 Å². The van der Waals surface area contributed by atoms with Gasteiger partial charge >= 0.3 is 0 Å². The van der Waals surface area contributed by atoms with E-state index in [-0.39, 0.29) is 0 Å². The van der Waals surface area contributed by atoms with Crippen molar-refractivity contribution >= 4 is 11.6 Å². The molecule has 0 aromatic heterocycles. The number of rotatable bonds is 4. The fourth-order valence-corrected chi connectivity index (χ4v) is 3.40. The summed E-state index contributed by atoms with van der Waals surface area (Å²) in [5.74, 6) is 1.79. The van der Waals surface area contributed by atoms with Crippen molar-refractivity contribution in [3.63, 3.8) is 0 Å². The number of hydrogen-bond acceptors (Lipinski definition) is 2. The van der Waals surface area contributed by atoms with E-state index in [1.807, 2.05) is 18.2 Å². The first-order valence-electron chi connectivity index (χ1n) is 7.17. The highest BCUT2D eigenvalue weighted by molar-refractivity contribution is 6.32. The first kappa shape index (κ1) is 14.7. The van der Waals surface area contributed by atoms with Crippen LogP contribution in [0.3, 0.4) is 0 Å². The smallest absolute Gasteiger partial charge is 0.137 e. The van der Waals surface area contributed by atoms with Crippen LogP contribution in [0.15, 0.2) is 18.2 Å². The van der Waals surface area contributed by atoms with Gasteiger partial charge in [-0.2, -0.15) is 0 Å².